The summed E-state index contributed by atoms with van der Waals surface area (Å²) < 4.78 is 11.0. The summed E-state index contributed by atoms with van der Waals surface area (Å²) in [5.41, 5.74) is 3.76. The van der Waals surface area contributed by atoms with Crippen molar-refractivity contribution in [2.24, 2.45) is 0 Å². The minimum Gasteiger partial charge on any atom is -0.454 e. The van der Waals surface area contributed by atoms with Gasteiger partial charge < -0.3 is 24.7 Å². The average Bonchev–Trinajstić information content (AvgIpc) is 3.49. The topological polar surface area (TPSA) is 83.7 Å². The molecule has 2 aliphatic rings. The van der Waals surface area contributed by atoms with Crippen LogP contribution in [0.5, 0.6) is 11.5 Å². The average molecular weight is 439 g/mol. The minimum atomic E-state index is -0.605. The van der Waals surface area contributed by atoms with E-state index in [0.717, 1.165) is 16.5 Å². The highest BCUT2D eigenvalue weighted by Gasteiger charge is 2.43. The van der Waals surface area contributed by atoms with Gasteiger partial charge in [-0.3, -0.25) is 9.59 Å². The molecule has 6 rings (SSSR count). The molecule has 4 aromatic rings. The Morgan fingerprint density at radius 3 is 2.79 bits per heavy atom. The molecule has 3 aromatic carbocycles. The summed E-state index contributed by atoms with van der Waals surface area (Å²) in [6.07, 6.45) is 1.86. The number of nitrogens with one attached hydrogen (secondary N) is 2. The lowest BCUT2D eigenvalue weighted by atomic mass is 9.79. The van der Waals surface area contributed by atoms with Crippen LogP contribution in [0.4, 0.5) is 5.69 Å². The van der Waals surface area contributed by atoms with Crippen molar-refractivity contribution >= 4 is 28.4 Å². The van der Waals surface area contributed by atoms with Gasteiger partial charge in [0.15, 0.2) is 11.5 Å². The SMILES string of the molecule is CN1C(=O)c2ccccc2[C@@H](C(=O)Nc2ccc3[nH]ccc3c2)[C@@H]1c1ccc2c(c1)OCO2. The second kappa shape index (κ2) is 7.41. The fourth-order valence-corrected chi connectivity index (χ4v) is 4.82. The van der Waals surface area contributed by atoms with Crippen molar-refractivity contribution in [3.05, 3.63) is 89.6 Å². The fraction of sp³-hybridized carbons (Fsp3) is 0.154. The van der Waals surface area contributed by atoms with E-state index < -0.39 is 12.0 Å². The Morgan fingerprint density at radius 1 is 1.03 bits per heavy atom. The molecule has 0 fully saturated rings. The van der Waals surface area contributed by atoms with Crippen molar-refractivity contribution in [3.63, 3.8) is 0 Å². The number of amides is 2. The largest absolute Gasteiger partial charge is 0.454 e. The van der Waals surface area contributed by atoms with Gasteiger partial charge in [-0.05, 0) is 53.6 Å². The number of H-pyrrole nitrogens is 1. The summed E-state index contributed by atoms with van der Waals surface area (Å²) >= 11 is 0. The van der Waals surface area contributed by atoms with Crippen molar-refractivity contribution in [3.8, 4) is 11.5 Å². The highest BCUT2D eigenvalue weighted by molar-refractivity contribution is 6.04. The second-order valence-corrected chi connectivity index (χ2v) is 8.31. The fourth-order valence-electron chi connectivity index (χ4n) is 4.82. The number of carbonyl (C=O) groups excluding carboxylic acids is 2. The predicted molar refractivity (Wildman–Crippen MR) is 124 cm³/mol. The summed E-state index contributed by atoms with van der Waals surface area (Å²) in [7, 11) is 1.74. The van der Waals surface area contributed by atoms with E-state index >= 15 is 0 Å². The number of hydrogen-bond acceptors (Lipinski definition) is 4. The number of fused-ring (bicyclic) bond motifs is 3. The van der Waals surface area contributed by atoms with E-state index in [1.807, 2.05) is 66.9 Å². The number of anilines is 1. The maximum atomic E-state index is 13.8. The highest BCUT2D eigenvalue weighted by Crippen LogP contribution is 2.45. The smallest absolute Gasteiger partial charge is 0.254 e. The summed E-state index contributed by atoms with van der Waals surface area (Å²) in [4.78, 5) is 31.8. The molecule has 2 atom stereocenters. The van der Waals surface area contributed by atoms with Crippen LogP contribution in [0.1, 0.15) is 33.4 Å². The van der Waals surface area contributed by atoms with Crippen LogP contribution in [0.3, 0.4) is 0 Å². The number of carbonyl (C=O) groups is 2. The molecule has 3 heterocycles. The minimum absolute atomic E-state index is 0.119. The molecule has 33 heavy (non-hydrogen) atoms. The zero-order chi connectivity index (χ0) is 22.5. The van der Waals surface area contributed by atoms with Crippen LogP contribution in [0.2, 0.25) is 0 Å². The molecule has 1 aromatic heterocycles. The normalized spacial score (nSPS) is 18.9. The Labute approximate surface area is 189 Å². The maximum absolute atomic E-state index is 13.8. The zero-order valence-electron chi connectivity index (χ0n) is 17.9. The number of aromatic amines is 1. The van der Waals surface area contributed by atoms with E-state index in [4.69, 9.17) is 9.47 Å². The molecule has 0 radical (unpaired) electrons. The van der Waals surface area contributed by atoms with E-state index in [1.54, 1.807) is 18.0 Å². The maximum Gasteiger partial charge on any atom is 0.254 e. The van der Waals surface area contributed by atoms with Gasteiger partial charge >= 0.3 is 0 Å². The first kappa shape index (κ1) is 19.4. The van der Waals surface area contributed by atoms with Gasteiger partial charge in [0.25, 0.3) is 5.91 Å². The third-order valence-electron chi connectivity index (χ3n) is 6.42. The molecule has 0 unspecified atom stereocenters. The van der Waals surface area contributed by atoms with Crippen molar-refractivity contribution < 1.29 is 19.1 Å². The van der Waals surface area contributed by atoms with E-state index in [9.17, 15) is 9.59 Å². The van der Waals surface area contributed by atoms with Crippen LogP contribution in [0.15, 0.2) is 72.9 Å². The van der Waals surface area contributed by atoms with Gasteiger partial charge in [-0.25, -0.2) is 0 Å². The lowest BCUT2D eigenvalue weighted by Crippen LogP contribution is -2.44. The van der Waals surface area contributed by atoms with Gasteiger partial charge in [-0.1, -0.05) is 24.3 Å². The quantitative estimate of drug-likeness (QED) is 0.494. The molecule has 0 saturated carbocycles. The van der Waals surface area contributed by atoms with Crippen LogP contribution in [0, 0.1) is 0 Å². The third kappa shape index (κ3) is 3.12. The van der Waals surface area contributed by atoms with Gasteiger partial charge in [-0.2, -0.15) is 0 Å². The number of benzene rings is 3. The Hall–Kier alpha value is -4.26. The number of aromatic nitrogens is 1. The van der Waals surface area contributed by atoms with Gasteiger partial charge in [0.2, 0.25) is 12.7 Å². The monoisotopic (exact) mass is 439 g/mol. The van der Waals surface area contributed by atoms with Gasteiger partial charge in [-0.15, -0.1) is 0 Å². The van der Waals surface area contributed by atoms with Crippen molar-refractivity contribution in [1.29, 1.82) is 0 Å². The first-order valence-electron chi connectivity index (χ1n) is 10.7. The molecule has 0 aliphatic carbocycles. The molecule has 0 bridgehead atoms. The Morgan fingerprint density at radius 2 is 1.88 bits per heavy atom. The third-order valence-corrected chi connectivity index (χ3v) is 6.42. The number of likely N-dealkylation sites (N-methyl/N-ethyl adjacent to an activating group) is 1. The van der Waals surface area contributed by atoms with Crippen LogP contribution in [-0.4, -0.2) is 35.5 Å². The molecule has 2 aliphatic heterocycles. The Kier molecular flexibility index (Phi) is 4.36. The standard InChI is InChI=1S/C26H21N3O4/c1-29-24(16-6-9-21-22(13-16)33-14-32-21)23(18-4-2-3-5-19(18)26(29)31)25(30)28-17-7-8-20-15(12-17)10-11-27-20/h2-13,23-24,27H,14H2,1H3,(H,28,30)/t23-,24+/m1/s1. The lowest BCUT2D eigenvalue weighted by molar-refractivity contribution is -0.119. The molecular weight excluding hydrogens is 418 g/mol. The Bertz CT molecular complexity index is 1410. The number of hydrogen-bond donors (Lipinski definition) is 2. The molecule has 0 saturated heterocycles. The number of rotatable bonds is 3. The van der Waals surface area contributed by atoms with E-state index in [0.29, 0.717) is 28.3 Å². The summed E-state index contributed by atoms with van der Waals surface area (Å²) in [5, 5.41) is 4.09. The van der Waals surface area contributed by atoms with Crippen molar-refractivity contribution in [2.45, 2.75) is 12.0 Å². The van der Waals surface area contributed by atoms with E-state index in [1.165, 1.54) is 0 Å². The predicted octanol–water partition coefficient (Wildman–Crippen LogP) is 4.45. The summed E-state index contributed by atoms with van der Waals surface area (Å²) in [5.74, 6) is 0.366. The van der Waals surface area contributed by atoms with Crippen LogP contribution >= 0.6 is 0 Å². The Balaban J connectivity index is 1.44. The molecule has 7 heteroatoms. The van der Waals surface area contributed by atoms with Crippen LogP contribution < -0.4 is 14.8 Å². The van der Waals surface area contributed by atoms with Crippen molar-refractivity contribution in [1.82, 2.24) is 9.88 Å². The molecule has 164 valence electrons. The summed E-state index contributed by atoms with van der Waals surface area (Å²) in [6, 6.07) is 20.1. The first-order chi connectivity index (χ1) is 16.1. The summed E-state index contributed by atoms with van der Waals surface area (Å²) in [6.45, 7) is 0.159. The molecule has 0 spiro atoms. The highest BCUT2D eigenvalue weighted by atomic mass is 16.7. The zero-order valence-corrected chi connectivity index (χ0v) is 17.9. The van der Waals surface area contributed by atoms with Gasteiger partial charge in [0, 0.05) is 35.4 Å². The van der Waals surface area contributed by atoms with Crippen LogP contribution in [-0.2, 0) is 4.79 Å². The molecular formula is C26H21N3O4. The second-order valence-electron chi connectivity index (χ2n) is 8.31. The number of ether oxygens (including phenoxy) is 2. The van der Waals surface area contributed by atoms with Gasteiger partial charge in [0.05, 0.1) is 12.0 Å². The van der Waals surface area contributed by atoms with Crippen LogP contribution in [0.25, 0.3) is 10.9 Å². The number of nitrogens with zero attached hydrogens (tertiary/aromatic N) is 1. The first-order valence-corrected chi connectivity index (χ1v) is 10.7. The van der Waals surface area contributed by atoms with Crippen molar-refractivity contribution in [2.75, 3.05) is 19.2 Å². The molecule has 2 amide bonds. The van der Waals surface area contributed by atoms with Gasteiger partial charge in [0.1, 0.15) is 0 Å². The molecule has 7 nitrogen and oxygen atoms in total. The lowest BCUT2D eigenvalue weighted by Gasteiger charge is -2.39. The van der Waals surface area contributed by atoms with E-state index in [2.05, 4.69) is 10.3 Å². The molecule has 2 N–H and O–H groups in total. The van der Waals surface area contributed by atoms with E-state index in [-0.39, 0.29) is 18.6 Å².